The predicted octanol–water partition coefficient (Wildman–Crippen LogP) is 2.40. The van der Waals surface area contributed by atoms with Gasteiger partial charge in [-0.3, -0.25) is 4.79 Å². The molecule has 1 aromatic rings. The van der Waals surface area contributed by atoms with Crippen molar-refractivity contribution in [1.29, 1.82) is 0 Å². The second-order valence-corrected chi connectivity index (χ2v) is 3.74. The van der Waals surface area contributed by atoms with Crippen LogP contribution in [0.5, 0.6) is 5.75 Å². The van der Waals surface area contributed by atoms with E-state index in [1.807, 2.05) is 0 Å². The molecule has 0 aliphatic rings. The SMILES string of the molecule is C=CCOC(=O)C(=Cc1ccccc1OC)C(C)=O. The van der Waals surface area contributed by atoms with Crippen LogP contribution in [0, 0.1) is 0 Å². The molecule has 1 rings (SSSR count). The zero-order chi connectivity index (χ0) is 14.3. The molecular formula is C15H16O4. The third kappa shape index (κ3) is 4.10. The van der Waals surface area contributed by atoms with Crippen LogP contribution < -0.4 is 4.74 Å². The molecule has 0 heterocycles. The van der Waals surface area contributed by atoms with Gasteiger partial charge in [0.15, 0.2) is 5.78 Å². The van der Waals surface area contributed by atoms with Crippen molar-refractivity contribution < 1.29 is 19.1 Å². The van der Waals surface area contributed by atoms with E-state index in [9.17, 15) is 9.59 Å². The predicted molar refractivity (Wildman–Crippen MR) is 72.8 cm³/mol. The number of carbonyl (C=O) groups is 2. The topological polar surface area (TPSA) is 52.6 Å². The molecule has 0 saturated heterocycles. The van der Waals surface area contributed by atoms with Crippen molar-refractivity contribution in [1.82, 2.24) is 0 Å². The number of benzene rings is 1. The van der Waals surface area contributed by atoms with E-state index in [0.717, 1.165) is 0 Å². The van der Waals surface area contributed by atoms with Crippen LogP contribution in [0.3, 0.4) is 0 Å². The number of para-hydroxylation sites is 1. The van der Waals surface area contributed by atoms with Gasteiger partial charge in [0.1, 0.15) is 17.9 Å². The summed E-state index contributed by atoms with van der Waals surface area (Å²) in [5.74, 6) is -0.448. The van der Waals surface area contributed by atoms with Crippen molar-refractivity contribution in [3.8, 4) is 5.75 Å². The Morgan fingerprint density at radius 1 is 1.32 bits per heavy atom. The van der Waals surface area contributed by atoms with Crippen molar-refractivity contribution in [2.75, 3.05) is 13.7 Å². The Hall–Kier alpha value is -2.36. The second-order valence-electron chi connectivity index (χ2n) is 3.74. The van der Waals surface area contributed by atoms with Crippen LogP contribution >= 0.6 is 0 Å². The molecule has 4 heteroatoms. The Kier molecular flexibility index (Phi) is 5.54. The average molecular weight is 260 g/mol. The lowest BCUT2D eigenvalue weighted by atomic mass is 10.1. The molecule has 0 spiro atoms. The Morgan fingerprint density at radius 3 is 2.58 bits per heavy atom. The number of Topliss-reactive ketones (excluding diaryl/α,β-unsaturated/α-hetero) is 1. The molecule has 0 atom stereocenters. The standard InChI is InChI=1S/C15H16O4/c1-4-9-19-15(17)13(11(2)16)10-12-7-5-6-8-14(12)18-3/h4-8,10H,1,9H2,2-3H3. The van der Waals surface area contributed by atoms with Crippen LogP contribution in [-0.4, -0.2) is 25.5 Å². The maximum atomic E-state index is 11.7. The third-order valence-corrected chi connectivity index (χ3v) is 2.37. The zero-order valence-corrected chi connectivity index (χ0v) is 11.0. The fourth-order valence-corrected chi connectivity index (χ4v) is 1.46. The van der Waals surface area contributed by atoms with Gasteiger partial charge in [-0.15, -0.1) is 0 Å². The number of rotatable bonds is 6. The average Bonchev–Trinajstić information content (AvgIpc) is 2.42. The van der Waals surface area contributed by atoms with Crippen LogP contribution in [0.15, 0.2) is 42.5 Å². The van der Waals surface area contributed by atoms with Gasteiger partial charge < -0.3 is 9.47 Å². The van der Waals surface area contributed by atoms with Gasteiger partial charge in [-0.05, 0) is 19.1 Å². The van der Waals surface area contributed by atoms with Gasteiger partial charge in [0.25, 0.3) is 0 Å². The maximum Gasteiger partial charge on any atom is 0.342 e. The van der Waals surface area contributed by atoms with Gasteiger partial charge in [0.05, 0.1) is 7.11 Å². The van der Waals surface area contributed by atoms with Gasteiger partial charge >= 0.3 is 5.97 Å². The van der Waals surface area contributed by atoms with E-state index in [2.05, 4.69) is 6.58 Å². The lowest BCUT2D eigenvalue weighted by Gasteiger charge is -2.07. The largest absolute Gasteiger partial charge is 0.496 e. The molecule has 0 radical (unpaired) electrons. The van der Waals surface area contributed by atoms with Gasteiger partial charge in [-0.25, -0.2) is 4.79 Å². The Morgan fingerprint density at radius 2 is 2.00 bits per heavy atom. The van der Waals surface area contributed by atoms with Crippen molar-refractivity contribution in [3.05, 3.63) is 48.1 Å². The van der Waals surface area contributed by atoms with Gasteiger partial charge in [-0.1, -0.05) is 30.9 Å². The summed E-state index contributed by atoms with van der Waals surface area (Å²) in [6.07, 6.45) is 2.91. The number of carbonyl (C=O) groups excluding carboxylic acids is 2. The molecule has 0 amide bonds. The Labute approximate surface area is 112 Å². The van der Waals surface area contributed by atoms with Crippen LogP contribution in [0.25, 0.3) is 6.08 Å². The highest BCUT2D eigenvalue weighted by atomic mass is 16.5. The first-order valence-electron chi connectivity index (χ1n) is 5.73. The Balaban J connectivity index is 3.11. The van der Waals surface area contributed by atoms with E-state index in [-0.39, 0.29) is 18.0 Å². The molecule has 0 aliphatic heterocycles. The quantitative estimate of drug-likeness (QED) is 0.259. The highest BCUT2D eigenvalue weighted by Gasteiger charge is 2.16. The number of esters is 1. The van der Waals surface area contributed by atoms with Crippen molar-refractivity contribution >= 4 is 17.8 Å². The highest BCUT2D eigenvalue weighted by molar-refractivity contribution is 6.19. The normalized spacial score (nSPS) is 10.7. The first kappa shape index (κ1) is 14.7. The number of ether oxygens (including phenoxy) is 2. The minimum atomic E-state index is -0.668. The number of hydrogen-bond acceptors (Lipinski definition) is 4. The molecule has 0 aromatic heterocycles. The zero-order valence-electron chi connectivity index (χ0n) is 11.0. The molecule has 4 nitrogen and oxygen atoms in total. The fourth-order valence-electron chi connectivity index (χ4n) is 1.46. The van der Waals surface area contributed by atoms with Crippen LogP contribution in [0.2, 0.25) is 0 Å². The van der Waals surface area contributed by atoms with Crippen molar-refractivity contribution in [2.24, 2.45) is 0 Å². The molecular weight excluding hydrogens is 244 g/mol. The smallest absolute Gasteiger partial charge is 0.342 e. The summed E-state index contributed by atoms with van der Waals surface area (Å²) in [5.41, 5.74) is 0.622. The number of ketones is 1. The summed E-state index contributed by atoms with van der Waals surface area (Å²) in [6, 6.07) is 7.10. The lowest BCUT2D eigenvalue weighted by molar-refractivity contribution is -0.139. The van der Waals surface area contributed by atoms with Crippen molar-refractivity contribution in [2.45, 2.75) is 6.92 Å². The summed E-state index contributed by atoms with van der Waals surface area (Å²) in [5, 5.41) is 0. The molecule has 100 valence electrons. The fraction of sp³-hybridized carbons (Fsp3) is 0.200. The van der Waals surface area contributed by atoms with E-state index < -0.39 is 5.97 Å². The van der Waals surface area contributed by atoms with E-state index in [1.54, 1.807) is 24.3 Å². The summed E-state index contributed by atoms with van der Waals surface area (Å²) in [6.45, 7) is 4.83. The molecule has 0 N–H and O–H groups in total. The third-order valence-electron chi connectivity index (χ3n) is 2.37. The molecule has 0 saturated carbocycles. The maximum absolute atomic E-state index is 11.7. The number of methoxy groups -OCH3 is 1. The van der Waals surface area contributed by atoms with Gasteiger partial charge in [0, 0.05) is 5.56 Å². The molecule has 19 heavy (non-hydrogen) atoms. The first-order valence-corrected chi connectivity index (χ1v) is 5.73. The molecule has 0 unspecified atom stereocenters. The van der Waals surface area contributed by atoms with Crippen LogP contribution in [0.1, 0.15) is 12.5 Å². The molecule has 1 aromatic carbocycles. The van der Waals surface area contributed by atoms with Gasteiger partial charge in [-0.2, -0.15) is 0 Å². The van der Waals surface area contributed by atoms with Gasteiger partial charge in [0.2, 0.25) is 0 Å². The van der Waals surface area contributed by atoms with E-state index in [4.69, 9.17) is 9.47 Å². The summed E-state index contributed by atoms with van der Waals surface area (Å²) >= 11 is 0. The molecule has 0 aliphatic carbocycles. The molecule has 0 fully saturated rings. The summed E-state index contributed by atoms with van der Waals surface area (Å²) < 4.78 is 10.0. The summed E-state index contributed by atoms with van der Waals surface area (Å²) in [7, 11) is 1.52. The first-order chi connectivity index (χ1) is 9.10. The minimum Gasteiger partial charge on any atom is -0.496 e. The van der Waals surface area contributed by atoms with Crippen LogP contribution in [0.4, 0.5) is 0 Å². The lowest BCUT2D eigenvalue weighted by Crippen LogP contribution is -2.13. The van der Waals surface area contributed by atoms with Crippen LogP contribution in [-0.2, 0) is 14.3 Å². The Bertz CT molecular complexity index is 515. The molecule has 0 bridgehead atoms. The van der Waals surface area contributed by atoms with E-state index >= 15 is 0 Å². The second kappa shape index (κ2) is 7.16. The highest BCUT2D eigenvalue weighted by Crippen LogP contribution is 2.21. The van der Waals surface area contributed by atoms with E-state index in [1.165, 1.54) is 26.2 Å². The minimum absolute atomic E-state index is 0.0219. The van der Waals surface area contributed by atoms with E-state index in [0.29, 0.717) is 11.3 Å². The monoisotopic (exact) mass is 260 g/mol. The number of hydrogen-bond donors (Lipinski definition) is 0. The summed E-state index contributed by atoms with van der Waals surface area (Å²) in [4.78, 5) is 23.3. The van der Waals surface area contributed by atoms with Crippen molar-refractivity contribution in [3.63, 3.8) is 0 Å².